The smallest absolute Gasteiger partial charge is 0.416 e. The molecule has 3 unspecified atom stereocenters. The molecule has 1 aromatic heterocycles. The minimum atomic E-state index is -4.51. The van der Waals surface area contributed by atoms with Gasteiger partial charge in [-0.05, 0) is 38.0 Å². The summed E-state index contributed by atoms with van der Waals surface area (Å²) in [7, 11) is 0. The zero-order valence-corrected chi connectivity index (χ0v) is 15.6. The van der Waals surface area contributed by atoms with Crippen LogP contribution >= 0.6 is 0 Å². The van der Waals surface area contributed by atoms with Gasteiger partial charge in [-0.1, -0.05) is 0 Å². The van der Waals surface area contributed by atoms with Crippen molar-refractivity contribution in [3.05, 3.63) is 35.9 Å². The van der Waals surface area contributed by atoms with Gasteiger partial charge in [0.2, 0.25) is 0 Å². The minimum absolute atomic E-state index is 0.0632. The van der Waals surface area contributed by atoms with Gasteiger partial charge >= 0.3 is 6.18 Å². The number of halogens is 3. The lowest BCUT2D eigenvalue weighted by molar-refractivity contribution is -0.137. The molecule has 0 spiro atoms. The van der Waals surface area contributed by atoms with E-state index in [1.807, 2.05) is 18.7 Å². The van der Waals surface area contributed by atoms with Crippen LogP contribution in [0.25, 0.3) is 11.3 Å². The Kier molecular flexibility index (Phi) is 4.84. The number of hydrogen-bond acceptors (Lipinski definition) is 6. The van der Waals surface area contributed by atoms with E-state index < -0.39 is 18.1 Å². The monoisotopic (exact) mass is 397 g/mol. The normalized spacial score (nSPS) is 24.4. The Morgan fingerprint density at radius 2 is 1.93 bits per heavy atom. The molecule has 1 fully saturated rings. The molecule has 2 aliphatic heterocycles. The third kappa shape index (κ3) is 3.49. The molecule has 28 heavy (non-hydrogen) atoms. The van der Waals surface area contributed by atoms with Gasteiger partial charge in [0, 0.05) is 30.9 Å². The van der Waals surface area contributed by atoms with Crippen molar-refractivity contribution in [1.82, 2.24) is 9.88 Å². The van der Waals surface area contributed by atoms with Gasteiger partial charge in [0.15, 0.2) is 18.5 Å². The van der Waals surface area contributed by atoms with Crippen LogP contribution in [-0.4, -0.2) is 53.2 Å². The standard InChI is InChI=1S/C19H22F3N3O3/c1-11-8-24(9-12(2)28-11)18(26)25-4-3-14-15(17-7-23-10-27-17)5-13(6-16(14)25)19(20,21)22/h5-7,10-12,18,26H,3-4,8-9H2,1-2H3. The number of fused-ring (bicyclic) bond motifs is 1. The maximum absolute atomic E-state index is 13.5. The molecule has 1 N–H and O–H groups in total. The second-order valence-electron chi connectivity index (χ2n) is 7.39. The molecule has 0 saturated carbocycles. The van der Waals surface area contributed by atoms with Crippen LogP contribution in [0.15, 0.2) is 29.1 Å². The van der Waals surface area contributed by atoms with Crippen molar-refractivity contribution in [2.45, 2.75) is 45.0 Å². The molecule has 1 aromatic carbocycles. The minimum Gasteiger partial charge on any atom is -0.444 e. The number of oxazole rings is 1. The van der Waals surface area contributed by atoms with Crippen LogP contribution in [-0.2, 0) is 17.3 Å². The summed E-state index contributed by atoms with van der Waals surface area (Å²) in [5, 5.41) is 11.0. The third-order valence-corrected chi connectivity index (χ3v) is 5.22. The largest absolute Gasteiger partial charge is 0.444 e. The number of nitrogens with zero attached hydrogens (tertiary/aromatic N) is 3. The van der Waals surface area contributed by atoms with E-state index >= 15 is 0 Å². The highest BCUT2D eigenvalue weighted by Crippen LogP contribution is 2.42. The van der Waals surface area contributed by atoms with E-state index in [0.717, 1.165) is 17.7 Å². The van der Waals surface area contributed by atoms with Gasteiger partial charge in [0.05, 0.1) is 24.0 Å². The van der Waals surface area contributed by atoms with Crippen LogP contribution in [0.2, 0.25) is 0 Å². The highest BCUT2D eigenvalue weighted by Gasteiger charge is 2.38. The SMILES string of the molecule is CC1CN(C(O)N2CCc3c(-c4cnco4)cc(C(F)(F)F)cc32)CC(C)O1. The third-order valence-electron chi connectivity index (χ3n) is 5.22. The van der Waals surface area contributed by atoms with Crippen molar-refractivity contribution in [1.29, 1.82) is 0 Å². The highest BCUT2D eigenvalue weighted by molar-refractivity contribution is 5.75. The summed E-state index contributed by atoms with van der Waals surface area (Å²) in [5.74, 6) is 0.285. The Hall–Kier alpha value is -2.10. The summed E-state index contributed by atoms with van der Waals surface area (Å²) < 4.78 is 51.5. The Balaban J connectivity index is 1.73. The maximum atomic E-state index is 13.5. The fourth-order valence-electron chi connectivity index (χ4n) is 4.10. The topological polar surface area (TPSA) is 62.0 Å². The van der Waals surface area contributed by atoms with E-state index in [-0.39, 0.29) is 18.0 Å². The van der Waals surface area contributed by atoms with Gasteiger partial charge < -0.3 is 19.2 Å². The maximum Gasteiger partial charge on any atom is 0.416 e. The number of anilines is 1. The van der Waals surface area contributed by atoms with Crippen molar-refractivity contribution in [3.8, 4) is 11.3 Å². The van der Waals surface area contributed by atoms with Gasteiger partial charge in [0.25, 0.3) is 0 Å². The molecule has 6 nitrogen and oxygen atoms in total. The molecule has 1 saturated heterocycles. The number of ether oxygens (including phenoxy) is 1. The Morgan fingerprint density at radius 1 is 1.21 bits per heavy atom. The molecule has 152 valence electrons. The lowest BCUT2D eigenvalue weighted by atomic mass is 9.99. The van der Waals surface area contributed by atoms with E-state index in [9.17, 15) is 18.3 Å². The second-order valence-corrected chi connectivity index (χ2v) is 7.39. The number of rotatable bonds is 3. The molecule has 2 aliphatic rings. The van der Waals surface area contributed by atoms with Gasteiger partial charge in [-0.3, -0.25) is 4.90 Å². The number of hydrogen-bond donors (Lipinski definition) is 1. The summed E-state index contributed by atoms with van der Waals surface area (Å²) in [6.45, 7) is 5.25. The van der Waals surface area contributed by atoms with Crippen molar-refractivity contribution in [3.63, 3.8) is 0 Å². The summed E-state index contributed by atoms with van der Waals surface area (Å²) in [6, 6.07) is 2.20. The molecule has 0 radical (unpaired) electrons. The van der Waals surface area contributed by atoms with Crippen LogP contribution in [0.3, 0.4) is 0 Å². The van der Waals surface area contributed by atoms with Crippen LogP contribution in [0.4, 0.5) is 18.9 Å². The van der Waals surface area contributed by atoms with Crippen LogP contribution in [0.5, 0.6) is 0 Å². The van der Waals surface area contributed by atoms with E-state index in [2.05, 4.69) is 4.98 Å². The molecular formula is C19H22F3N3O3. The summed E-state index contributed by atoms with van der Waals surface area (Å²) in [4.78, 5) is 7.28. The van der Waals surface area contributed by atoms with Gasteiger partial charge in [-0.2, -0.15) is 13.2 Å². The summed E-state index contributed by atoms with van der Waals surface area (Å²) >= 11 is 0. The van der Waals surface area contributed by atoms with E-state index in [1.165, 1.54) is 12.6 Å². The average Bonchev–Trinajstić information content (AvgIpc) is 3.28. The summed E-state index contributed by atoms with van der Waals surface area (Å²) in [5.41, 5.74) is 0.680. The van der Waals surface area contributed by atoms with Crippen molar-refractivity contribution >= 4 is 5.69 Å². The zero-order valence-electron chi connectivity index (χ0n) is 15.6. The lowest BCUT2D eigenvalue weighted by Crippen LogP contribution is -2.56. The van der Waals surface area contributed by atoms with Crippen LogP contribution in [0.1, 0.15) is 25.0 Å². The molecule has 2 aromatic rings. The van der Waals surface area contributed by atoms with Gasteiger partial charge in [-0.25, -0.2) is 4.98 Å². The number of aliphatic hydroxyl groups is 1. The number of aliphatic hydroxyl groups excluding tert-OH is 1. The Bertz CT molecular complexity index is 831. The van der Waals surface area contributed by atoms with E-state index in [1.54, 1.807) is 4.90 Å². The predicted octanol–water partition coefficient (Wildman–Crippen LogP) is 3.11. The van der Waals surface area contributed by atoms with Crippen molar-refractivity contribution < 1.29 is 27.4 Å². The predicted molar refractivity (Wildman–Crippen MR) is 95.6 cm³/mol. The summed E-state index contributed by atoms with van der Waals surface area (Å²) in [6.07, 6.45) is -2.55. The molecule has 0 amide bonds. The van der Waals surface area contributed by atoms with E-state index in [0.29, 0.717) is 37.3 Å². The van der Waals surface area contributed by atoms with Crippen molar-refractivity contribution in [2.75, 3.05) is 24.5 Å². The number of aromatic nitrogens is 1. The van der Waals surface area contributed by atoms with Crippen LogP contribution < -0.4 is 4.90 Å². The molecule has 4 rings (SSSR count). The zero-order chi connectivity index (χ0) is 20.1. The molecule has 0 bridgehead atoms. The van der Waals surface area contributed by atoms with E-state index in [4.69, 9.17) is 9.15 Å². The second kappa shape index (κ2) is 7.06. The van der Waals surface area contributed by atoms with Crippen LogP contribution in [0, 0.1) is 0 Å². The molecule has 3 heterocycles. The van der Waals surface area contributed by atoms with Gasteiger partial charge in [0.1, 0.15) is 0 Å². The first-order valence-electron chi connectivity index (χ1n) is 9.21. The van der Waals surface area contributed by atoms with Gasteiger partial charge in [-0.15, -0.1) is 0 Å². The number of morpholine rings is 1. The quantitative estimate of drug-likeness (QED) is 0.859. The Labute approximate surface area is 160 Å². The average molecular weight is 397 g/mol. The first-order valence-corrected chi connectivity index (χ1v) is 9.21. The fraction of sp³-hybridized carbons (Fsp3) is 0.526. The molecule has 9 heteroatoms. The Morgan fingerprint density at radius 3 is 2.54 bits per heavy atom. The molecule has 0 aliphatic carbocycles. The first kappa shape index (κ1) is 19.2. The highest BCUT2D eigenvalue weighted by atomic mass is 19.4. The number of benzene rings is 1. The lowest BCUT2D eigenvalue weighted by Gasteiger charge is -2.41. The number of alkyl halides is 3. The first-order chi connectivity index (χ1) is 13.2. The molecular weight excluding hydrogens is 375 g/mol. The van der Waals surface area contributed by atoms with Crippen molar-refractivity contribution in [2.24, 2.45) is 0 Å². The fourth-order valence-corrected chi connectivity index (χ4v) is 4.10. The molecule has 3 atom stereocenters.